The molecule has 1 saturated carbocycles. The molecule has 1 aliphatic carbocycles. The van der Waals surface area contributed by atoms with Crippen molar-refractivity contribution in [3.05, 3.63) is 89.7 Å². The first-order valence-electron chi connectivity index (χ1n) is 16.5. The Morgan fingerprint density at radius 2 is 1.71 bits per heavy atom. The van der Waals surface area contributed by atoms with Crippen LogP contribution in [-0.4, -0.2) is 57.9 Å². The Balaban J connectivity index is 1.32. The van der Waals surface area contributed by atoms with Gasteiger partial charge in [0.1, 0.15) is 12.6 Å². The standard InChI is InChI=1S/C37H44N6O5/c1-23(2)30-9-4-5-10-31(30)28-8-6-7-25(19-28)20-32(40-35(44)27-13-11-24(12-14-27)21-38-37(46)47)36(45)39-29-17-15-26(16-18-29)34-41-33(22-48-3)42-43-34/h4-10,15-19,23-24,27,32,38H,11-14,20-22H2,1-3H3,(H,39,45)(H,40,44)(H,46,47)(H,41,42,43)/t24?,27?,32-/m0/s1. The van der Waals surface area contributed by atoms with Crippen LogP contribution in [0, 0.1) is 11.8 Å². The topological polar surface area (TPSA) is 158 Å². The molecule has 0 bridgehead atoms. The van der Waals surface area contributed by atoms with Crippen molar-refractivity contribution < 1.29 is 24.2 Å². The maximum atomic E-state index is 13.8. The van der Waals surface area contributed by atoms with Crippen LogP contribution in [0.25, 0.3) is 22.5 Å². The number of aromatic amines is 1. The Morgan fingerprint density at radius 3 is 2.42 bits per heavy atom. The number of rotatable bonds is 13. The van der Waals surface area contributed by atoms with Crippen LogP contribution >= 0.6 is 0 Å². The largest absolute Gasteiger partial charge is 0.465 e. The van der Waals surface area contributed by atoms with E-state index in [0.29, 0.717) is 55.7 Å². The number of ether oxygens (including phenoxy) is 1. The summed E-state index contributed by atoms with van der Waals surface area (Å²) in [4.78, 5) is 42.7. The van der Waals surface area contributed by atoms with Crippen molar-refractivity contribution in [2.45, 2.75) is 64.5 Å². The summed E-state index contributed by atoms with van der Waals surface area (Å²) in [5, 5.41) is 24.5. The smallest absolute Gasteiger partial charge is 0.404 e. The van der Waals surface area contributed by atoms with Crippen molar-refractivity contribution in [1.29, 1.82) is 0 Å². The number of carbonyl (C=O) groups excluding carboxylic acids is 2. The Morgan fingerprint density at radius 1 is 0.958 bits per heavy atom. The van der Waals surface area contributed by atoms with Gasteiger partial charge in [-0.1, -0.05) is 62.4 Å². The zero-order valence-corrected chi connectivity index (χ0v) is 27.7. The Hall–Kier alpha value is -5.03. The number of aromatic nitrogens is 3. The van der Waals surface area contributed by atoms with Crippen LogP contribution in [0.5, 0.6) is 0 Å². The molecule has 0 saturated heterocycles. The third-order valence-electron chi connectivity index (χ3n) is 8.88. The predicted molar refractivity (Wildman–Crippen MR) is 184 cm³/mol. The lowest BCUT2D eigenvalue weighted by atomic mass is 9.81. The Labute approximate surface area is 280 Å². The number of carbonyl (C=O) groups is 3. The molecule has 252 valence electrons. The van der Waals surface area contributed by atoms with E-state index in [1.54, 1.807) is 19.2 Å². The quantitative estimate of drug-likeness (QED) is 0.116. The zero-order chi connectivity index (χ0) is 34.0. The van der Waals surface area contributed by atoms with Crippen LogP contribution in [-0.2, 0) is 27.4 Å². The van der Waals surface area contributed by atoms with Gasteiger partial charge in [-0.05, 0) is 84.0 Å². The second-order valence-electron chi connectivity index (χ2n) is 12.7. The summed E-state index contributed by atoms with van der Waals surface area (Å²) in [6.45, 7) is 5.05. The third kappa shape index (κ3) is 9.07. The van der Waals surface area contributed by atoms with Gasteiger partial charge < -0.3 is 25.8 Å². The van der Waals surface area contributed by atoms with Crippen LogP contribution in [0.3, 0.4) is 0 Å². The lowest BCUT2D eigenvalue weighted by molar-refractivity contribution is -0.130. The van der Waals surface area contributed by atoms with E-state index in [2.05, 4.69) is 69.2 Å². The minimum absolute atomic E-state index is 0.159. The molecule has 48 heavy (non-hydrogen) atoms. The molecule has 3 aromatic carbocycles. The van der Waals surface area contributed by atoms with Crippen molar-refractivity contribution in [2.24, 2.45) is 11.8 Å². The first kappa shape index (κ1) is 34.3. The molecule has 4 aromatic rings. The monoisotopic (exact) mass is 652 g/mol. The lowest BCUT2D eigenvalue weighted by Crippen LogP contribution is -2.48. The van der Waals surface area contributed by atoms with Crippen molar-refractivity contribution in [2.75, 3.05) is 19.0 Å². The first-order valence-corrected chi connectivity index (χ1v) is 16.5. The van der Waals surface area contributed by atoms with Gasteiger partial charge in [0.25, 0.3) is 0 Å². The molecular formula is C37H44N6O5. The van der Waals surface area contributed by atoms with Crippen molar-refractivity contribution >= 4 is 23.6 Å². The van der Waals surface area contributed by atoms with Gasteiger partial charge in [0.2, 0.25) is 11.8 Å². The summed E-state index contributed by atoms with van der Waals surface area (Å²) in [7, 11) is 1.59. The third-order valence-corrected chi connectivity index (χ3v) is 8.88. The Kier molecular flexibility index (Phi) is 11.6. The van der Waals surface area contributed by atoms with Gasteiger partial charge in [-0.15, -0.1) is 0 Å². The minimum Gasteiger partial charge on any atom is -0.465 e. The van der Waals surface area contributed by atoms with E-state index in [1.165, 1.54) is 5.56 Å². The second kappa shape index (κ2) is 16.2. The summed E-state index contributed by atoms with van der Waals surface area (Å²) < 4.78 is 5.10. The Bertz CT molecular complexity index is 1690. The average Bonchev–Trinajstić information content (AvgIpc) is 3.56. The van der Waals surface area contributed by atoms with Crippen LogP contribution in [0.2, 0.25) is 0 Å². The van der Waals surface area contributed by atoms with E-state index in [0.717, 1.165) is 35.1 Å². The number of carboxylic acid groups (broad SMARTS) is 1. The molecule has 1 atom stereocenters. The normalized spacial score (nSPS) is 16.7. The molecule has 11 heteroatoms. The van der Waals surface area contributed by atoms with Gasteiger partial charge in [0, 0.05) is 37.2 Å². The molecule has 11 nitrogen and oxygen atoms in total. The average molecular weight is 653 g/mol. The van der Waals surface area contributed by atoms with Crippen molar-refractivity contribution in [3.8, 4) is 22.5 Å². The number of amides is 3. The van der Waals surface area contributed by atoms with E-state index < -0.39 is 12.1 Å². The molecule has 1 heterocycles. The molecule has 0 aliphatic heterocycles. The van der Waals surface area contributed by atoms with Crippen molar-refractivity contribution in [1.82, 2.24) is 25.8 Å². The molecule has 5 N–H and O–H groups in total. The highest BCUT2D eigenvalue weighted by Crippen LogP contribution is 2.31. The SMILES string of the molecule is COCc1nc(-c2ccc(NC(=O)[C@H](Cc3cccc(-c4ccccc4C(C)C)c3)NC(=O)C3CCC(CNC(=O)O)CC3)cc2)n[nH]1. The number of hydrogen-bond acceptors (Lipinski definition) is 6. The number of H-pyrrole nitrogens is 1. The highest BCUT2D eigenvalue weighted by molar-refractivity contribution is 5.97. The zero-order valence-electron chi connectivity index (χ0n) is 27.7. The van der Waals surface area contributed by atoms with Gasteiger partial charge in [-0.2, -0.15) is 5.10 Å². The molecule has 1 aliphatic rings. The fourth-order valence-corrected chi connectivity index (χ4v) is 6.28. The summed E-state index contributed by atoms with van der Waals surface area (Å²) in [6.07, 6.45) is 2.05. The number of nitrogens with one attached hydrogen (secondary N) is 4. The van der Waals surface area contributed by atoms with Gasteiger partial charge in [-0.3, -0.25) is 14.7 Å². The molecule has 1 aromatic heterocycles. The number of methoxy groups -OCH3 is 1. The van der Waals surface area contributed by atoms with Gasteiger partial charge in [0.05, 0.1) is 0 Å². The van der Waals surface area contributed by atoms with Crippen LogP contribution in [0.4, 0.5) is 10.5 Å². The summed E-state index contributed by atoms with van der Waals surface area (Å²) in [6, 6.07) is 22.9. The summed E-state index contributed by atoms with van der Waals surface area (Å²) in [5.74, 6) is 0.973. The highest BCUT2D eigenvalue weighted by Gasteiger charge is 2.30. The summed E-state index contributed by atoms with van der Waals surface area (Å²) >= 11 is 0. The van der Waals surface area contributed by atoms with E-state index in [-0.39, 0.29) is 23.7 Å². The molecule has 0 radical (unpaired) electrons. The van der Waals surface area contributed by atoms with Crippen LogP contribution in [0.15, 0.2) is 72.8 Å². The molecule has 0 spiro atoms. The van der Waals surface area contributed by atoms with Gasteiger partial charge in [0.15, 0.2) is 11.6 Å². The van der Waals surface area contributed by atoms with Crippen LogP contribution < -0.4 is 16.0 Å². The van der Waals surface area contributed by atoms with E-state index in [4.69, 9.17) is 9.84 Å². The maximum Gasteiger partial charge on any atom is 0.404 e. The van der Waals surface area contributed by atoms with E-state index in [9.17, 15) is 14.4 Å². The predicted octanol–water partition coefficient (Wildman–Crippen LogP) is 6.15. The molecule has 0 unspecified atom stereocenters. The number of nitrogens with zero attached hydrogens (tertiary/aromatic N) is 2. The number of benzene rings is 3. The van der Waals surface area contributed by atoms with E-state index in [1.807, 2.05) is 36.4 Å². The van der Waals surface area contributed by atoms with Gasteiger partial charge in [-0.25, -0.2) is 9.78 Å². The van der Waals surface area contributed by atoms with Gasteiger partial charge >= 0.3 is 6.09 Å². The lowest BCUT2D eigenvalue weighted by Gasteiger charge is -2.29. The number of anilines is 1. The molecule has 3 amide bonds. The van der Waals surface area contributed by atoms with Crippen LogP contribution in [0.1, 0.15) is 62.4 Å². The molecular weight excluding hydrogens is 608 g/mol. The second-order valence-corrected chi connectivity index (χ2v) is 12.7. The molecule has 1 fully saturated rings. The fraction of sp³-hybridized carbons (Fsp3) is 0.378. The van der Waals surface area contributed by atoms with Crippen molar-refractivity contribution in [3.63, 3.8) is 0 Å². The molecule has 5 rings (SSSR count). The van der Waals surface area contributed by atoms with E-state index >= 15 is 0 Å². The fourth-order valence-electron chi connectivity index (χ4n) is 6.28. The number of hydrogen-bond donors (Lipinski definition) is 5. The first-order chi connectivity index (χ1) is 23.2. The summed E-state index contributed by atoms with van der Waals surface area (Å²) in [5.41, 5.74) is 5.75. The minimum atomic E-state index is -1.04. The maximum absolute atomic E-state index is 13.8. The highest BCUT2D eigenvalue weighted by atomic mass is 16.5.